The van der Waals surface area contributed by atoms with Crippen LogP contribution in [0.5, 0.6) is 0 Å². The quantitative estimate of drug-likeness (QED) is 0.834. The molecule has 0 aliphatic heterocycles. The zero-order valence-electron chi connectivity index (χ0n) is 8.57. The van der Waals surface area contributed by atoms with Crippen LogP contribution in [-0.2, 0) is 16.6 Å². The average molecular weight is 214 g/mol. The summed E-state index contributed by atoms with van der Waals surface area (Å²) in [5.74, 6) is -0.779. The van der Waals surface area contributed by atoms with Crippen LogP contribution in [0.15, 0.2) is 0 Å². The lowest BCUT2D eigenvalue weighted by Crippen LogP contribution is -2.14. The summed E-state index contributed by atoms with van der Waals surface area (Å²) in [5.41, 5.74) is 0.865. The Hall–Kier alpha value is -0.970. The maximum absolute atomic E-state index is 10.4. The minimum Gasteiger partial charge on any atom is -0.481 e. The lowest BCUT2D eigenvalue weighted by atomic mass is 9.91. The molecule has 0 fully saturated rings. The van der Waals surface area contributed by atoms with Crippen molar-refractivity contribution in [2.75, 3.05) is 0 Å². The van der Waals surface area contributed by atoms with Gasteiger partial charge in [0.05, 0.1) is 12.1 Å². The molecule has 0 aliphatic rings. The Balaban J connectivity index is 2.78. The van der Waals surface area contributed by atoms with Gasteiger partial charge < -0.3 is 5.11 Å². The summed E-state index contributed by atoms with van der Waals surface area (Å²) < 4.78 is 3.87. The van der Waals surface area contributed by atoms with E-state index in [9.17, 15) is 4.79 Å². The monoisotopic (exact) mass is 214 g/mol. The van der Waals surface area contributed by atoms with E-state index in [0.717, 1.165) is 10.6 Å². The Morgan fingerprint density at radius 3 is 2.64 bits per heavy atom. The van der Waals surface area contributed by atoms with Gasteiger partial charge in [-0.25, -0.2) is 0 Å². The van der Waals surface area contributed by atoms with Crippen LogP contribution in [-0.4, -0.2) is 20.7 Å². The molecular weight excluding hydrogens is 200 g/mol. The van der Waals surface area contributed by atoms with Gasteiger partial charge in [-0.15, -0.1) is 5.10 Å². The highest BCUT2D eigenvalue weighted by Crippen LogP contribution is 2.26. The first-order valence-corrected chi connectivity index (χ1v) is 5.22. The zero-order valence-corrected chi connectivity index (χ0v) is 9.39. The molecule has 0 amide bonds. The summed E-state index contributed by atoms with van der Waals surface area (Å²) in [6, 6.07) is 0. The molecule has 0 atom stereocenters. The van der Waals surface area contributed by atoms with Crippen LogP contribution in [0.1, 0.15) is 37.8 Å². The average Bonchev–Trinajstić information content (AvgIpc) is 2.46. The van der Waals surface area contributed by atoms with Crippen molar-refractivity contribution in [1.29, 1.82) is 0 Å². The molecule has 1 heterocycles. The van der Waals surface area contributed by atoms with Crippen molar-refractivity contribution in [3.63, 3.8) is 0 Å². The molecule has 0 unspecified atom stereocenters. The van der Waals surface area contributed by atoms with E-state index in [1.165, 1.54) is 11.5 Å². The number of aromatic nitrogens is 2. The maximum atomic E-state index is 10.4. The molecule has 1 N–H and O–H groups in total. The van der Waals surface area contributed by atoms with Crippen molar-refractivity contribution in [3.8, 4) is 0 Å². The van der Waals surface area contributed by atoms with Crippen molar-refractivity contribution in [2.24, 2.45) is 0 Å². The Bertz CT molecular complexity index is 328. The smallest absolute Gasteiger partial charge is 0.303 e. The first-order valence-electron chi connectivity index (χ1n) is 4.45. The van der Waals surface area contributed by atoms with Gasteiger partial charge in [0.2, 0.25) is 0 Å². The Morgan fingerprint density at radius 1 is 1.50 bits per heavy atom. The van der Waals surface area contributed by atoms with Gasteiger partial charge in [0.25, 0.3) is 0 Å². The number of hydrogen-bond donors (Lipinski definition) is 1. The molecule has 14 heavy (non-hydrogen) atoms. The van der Waals surface area contributed by atoms with Gasteiger partial charge in [-0.05, 0) is 18.0 Å². The summed E-state index contributed by atoms with van der Waals surface area (Å²) >= 11 is 1.29. The van der Waals surface area contributed by atoms with Gasteiger partial charge >= 0.3 is 5.97 Å². The number of carboxylic acids is 1. The van der Waals surface area contributed by atoms with Crippen LogP contribution < -0.4 is 0 Å². The maximum Gasteiger partial charge on any atom is 0.303 e. The van der Waals surface area contributed by atoms with Crippen molar-refractivity contribution < 1.29 is 9.90 Å². The third-order valence-electron chi connectivity index (χ3n) is 1.83. The minimum atomic E-state index is -0.779. The number of nitrogens with zero attached hydrogens (tertiary/aromatic N) is 2. The summed E-state index contributed by atoms with van der Waals surface area (Å²) in [5, 5.41) is 12.6. The van der Waals surface area contributed by atoms with E-state index in [0.29, 0.717) is 6.42 Å². The van der Waals surface area contributed by atoms with Crippen LogP contribution in [0.2, 0.25) is 0 Å². The standard InChI is InChI=1S/C9H14N2O2S/c1-9(2,3)8-6(14-11-10-8)4-5-7(12)13/h4-5H2,1-3H3,(H,12,13). The SMILES string of the molecule is CC(C)(C)c1nnsc1CCC(=O)O. The molecule has 0 radical (unpaired) electrons. The van der Waals surface area contributed by atoms with E-state index in [2.05, 4.69) is 9.59 Å². The second kappa shape index (κ2) is 4.04. The summed E-state index contributed by atoms with van der Waals surface area (Å²) in [6.45, 7) is 6.15. The normalized spacial score (nSPS) is 11.6. The van der Waals surface area contributed by atoms with Gasteiger partial charge in [-0.2, -0.15) is 0 Å². The van der Waals surface area contributed by atoms with Gasteiger partial charge in [0.1, 0.15) is 0 Å². The van der Waals surface area contributed by atoms with Crippen LogP contribution in [0, 0.1) is 0 Å². The van der Waals surface area contributed by atoms with Crippen LogP contribution in [0.4, 0.5) is 0 Å². The van der Waals surface area contributed by atoms with Crippen molar-refractivity contribution >= 4 is 17.5 Å². The largest absolute Gasteiger partial charge is 0.481 e. The molecule has 0 aromatic carbocycles. The van der Waals surface area contributed by atoms with Crippen molar-refractivity contribution in [3.05, 3.63) is 10.6 Å². The Kier molecular flexibility index (Phi) is 3.21. The number of carboxylic acid groups (broad SMARTS) is 1. The molecule has 78 valence electrons. The van der Waals surface area contributed by atoms with Gasteiger partial charge in [0, 0.05) is 10.3 Å². The summed E-state index contributed by atoms with van der Waals surface area (Å²) in [7, 11) is 0. The molecule has 1 rings (SSSR count). The first-order chi connectivity index (χ1) is 6.41. The predicted octanol–water partition coefficient (Wildman–Crippen LogP) is 1.85. The topological polar surface area (TPSA) is 63.1 Å². The highest BCUT2D eigenvalue weighted by molar-refractivity contribution is 7.05. The molecule has 0 saturated heterocycles. The number of rotatable bonds is 3. The fourth-order valence-electron chi connectivity index (χ4n) is 1.16. The van der Waals surface area contributed by atoms with Crippen LogP contribution in [0.3, 0.4) is 0 Å². The lowest BCUT2D eigenvalue weighted by Gasteiger charge is -2.15. The number of hydrogen-bond acceptors (Lipinski definition) is 4. The second-order valence-corrected chi connectivity index (χ2v) is 5.03. The Morgan fingerprint density at radius 2 is 2.14 bits per heavy atom. The number of aryl methyl sites for hydroxylation is 1. The second-order valence-electron chi connectivity index (χ2n) is 4.19. The number of carbonyl (C=O) groups is 1. The van der Waals surface area contributed by atoms with E-state index in [4.69, 9.17) is 5.11 Å². The van der Waals surface area contributed by atoms with E-state index in [-0.39, 0.29) is 11.8 Å². The third-order valence-corrected chi connectivity index (χ3v) is 2.61. The van der Waals surface area contributed by atoms with Crippen molar-refractivity contribution in [2.45, 2.75) is 39.0 Å². The molecule has 0 spiro atoms. The third kappa shape index (κ3) is 2.77. The fourth-order valence-corrected chi connectivity index (χ4v) is 2.01. The van der Waals surface area contributed by atoms with Crippen LogP contribution >= 0.6 is 11.5 Å². The summed E-state index contributed by atoms with van der Waals surface area (Å²) in [4.78, 5) is 11.4. The molecule has 0 saturated carbocycles. The highest BCUT2D eigenvalue weighted by atomic mass is 32.1. The van der Waals surface area contributed by atoms with Gasteiger partial charge in [0.15, 0.2) is 0 Å². The van der Waals surface area contributed by atoms with E-state index in [1.807, 2.05) is 20.8 Å². The van der Waals surface area contributed by atoms with E-state index in [1.54, 1.807) is 0 Å². The Labute approximate surface area is 87.1 Å². The zero-order chi connectivity index (χ0) is 10.8. The number of aliphatic carboxylic acids is 1. The first kappa shape index (κ1) is 11.1. The van der Waals surface area contributed by atoms with Crippen molar-refractivity contribution in [1.82, 2.24) is 9.59 Å². The molecule has 0 bridgehead atoms. The molecule has 1 aromatic rings. The summed E-state index contributed by atoms with van der Waals surface area (Å²) in [6.07, 6.45) is 0.673. The molecule has 5 heteroatoms. The van der Waals surface area contributed by atoms with E-state index >= 15 is 0 Å². The minimum absolute atomic E-state index is 0.0547. The highest BCUT2D eigenvalue weighted by Gasteiger charge is 2.22. The van der Waals surface area contributed by atoms with Gasteiger partial charge in [-0.1, -0.05) is 25.3 Å². The lowest BCUT2D eigenvalue weighted by molar-refractivity contribution is -0.136. The molecule has 0 aliphatic carbocycles. The fraction of sp³-hybridized carbons (Fsp3) is 0.667. The van der Waals surface area contributed by atoms with E-state index < -0.39 is 5.97 Å². The van der Waals surface area contributed by atoms with Gasteiger partial charge in [-0.3, -0.25) is 4.79 Å². The molecule has 4 nitrogen and oxygen atoms in total. The molecule has 1 aromatic heterocycles. The molecular formula is C9H14N2O2S. The predicted molar refractivity (Wildman–Crippen MR) is 54.6 cm³/mol. The van der Waals surface area contributed by atoms with Crippen LogP contribution in [0.25, 0.3) is 0 Å².